The van der Waals surface area contributed by atoms with E-state index in [1.54, 1.807) is 17.6 Å². The third-order valence-corrected chi connectivity index (χ3v) is 4.80. The number of hydrogen-bond donors (Lipinski definition) is 1. The van der Waals surface area contributed by atoms with Gasteiger partial charge in [0.05, 0.1) is 23.5 Å². The Morgan fingerprint density at radius 3 is 2.66 bits per heavy atom. The molecule has 11 heteroatoms. The van der Waals surface area contributed by atoms with Gasteiger partial charge in [-0.15, -0.1) is 16.8 Å². The molecular weight excluding hydrogens is 407 g/mol. The molecule has 2 rings (SSSR count). The molecule has 0 aliphatic rings. The molecule has 1 heterocycles. The van der Waals surface area contributed by atoms with Crippen molar-refractivity contribution in [2.75, 3.05) is 24.7 Å². The second-order valence-electron chi connectivity index (χ2n) is 6.06. The van der Waals surface area contributed by atoms with Crippen LogP contribution in [0.25, 0.3) is 0 Å². The first-order valence-electron chi connectivity index (χ1n) is 8.47. The van der Waals surface area contributed by atoms with Crippen molar-refractivity contribution >= 4 is 29.3 Å². The molecule has 7 nitrogen and oxygen atoms in total. The topological polar surface area (TPSA) is 80.1 Å². The normalized spacial score (nSPS) is 11.2. The molecule has 29 heavy (non-hydrogen) atoms. The van der Waals surface area contributed by atoms with E-state index in [-0.39, 0.29) is 23.9 Å². The van der Waals surface area contributed by atoms with Crippen LogP contribution in [-0.4, -0.2) is 50.8 Å². The first kappa shape index (κ1) is 22.5. The Balaban J connectivity index is 1.93. The molecule has 0 aliphatic carbocycles. The van der Waals surface area contributed by atoms with Gasteiger partial charge in [-0.25, -0.2) is 0 Å². The second kappa shape index (κ2) is 9.59. The molecule has 0 aliphatic heterocycles. The van der Waals surface area contributed by atoms with Crippen LogP contribution in [0.2, 0.25) is 0 Å². The van der Waals surface area contributed by atoms with E-state index in [0.717, 1.165) is 28.8 Å². The summed E-state index contributed by atoms with van der Waals surface area (Å²) in [7, 11) is 1.40. The van der Waals surface area contributed by atoms with Gasteiger partial charge in [0, 0.05) is 13.6 Å². The lowest BCUT2D eigenvalue weighted by Gasteiger charge is -2.18. The monoisotopic (exact) mass is 427 g/mol. The van der Waals surface area contributed by atoms with E-state index in [0.29, 0.717) is 17.5 Å². The molecule has 0 saturated heterocycles. The van der Waals surface area contributed by atoms with E-state index in [4.69, 9.17) is 0 Å². The highest BCUT2D eigenvalue weighted by Crippen LogP contribution is 2.34. The lowest BCUT2D eigenvalue weighted by molar-refractivity contribution is -0.137. The highest BCUT2D eigenvalue weighted by molar-refractivity contribution is 7.99. The number of thioether (sulfide) groups is 1. The number of para-hydroxylation sites is 1. The Morgan fingerprint density at radius 2 is 2.00 bits per heavy atom. The Labute approximate surface area is 170 Å². The van der Waals surface area contributed by atoms with E-state index in [1.807, 2.05) is 0 Å². The summed E-state index contributed by atoms with van der Waals surface area (Å²) in [4.78, 5) is 25.5. The number of amides is 2. The number of hydrogen-bond acceptors (Lipinski definition) is 5. The lowest BCUT2D eigenvalue weighted by Crippen LogP contribution is -2.36. The average Bonchev–Trinajstić information content (AvgIpc) is 2.99. The highest BCUT2D eigenvalue weighted by Gasteiger charge is 2.33. The lowest BCUT2D eigenvalue weighted by atomic mass is 10.1. The predicted molar refractivity (Wildman–Crippen MR) is 103 cm³/mol. The molecular formula is C18H20F3N5O2S. The number of alkyl halides is 3. The Kier molecular flexibility index (Phi) is 7.43. The van der Waals surface area contributed by atoms with Crippen molar-refractivity contribution in [3.05, 3.63) is 48.3 Å². The van der Waals surface area contributed by atoms with Crippen LogP contribution >= 0.6 is 11.8 Å². The van der Waals surface area contributed by atoms with Gasteiger partial charge in [-0.3, -0.25) is 9.59 Å². The van der Waals surface area contributed by atoms with Crippen LogP contribution in [-0.2, 0) is 22.3 Å². The standard InChI is InChI=1S/C18H20F3N5O2S/c1-4-9-26-12(2)23-24-17(26)29-11-16(28)25(3)10-15(27)22-14-8-6-5-7-13(14)18(19,20)21/h4-8H,1,9-11H2,2-3H3,(H,22,27). The highest BCUT2D eigenvalue weighted by atomic mass is 32.2. The molecule has 0 radical (unpaired) electrons. The number of aryl methyl sites for hydroxylation is 1. The van der Waals surface area contributed by atoms with Crippen molar-refractivity contribution in [2.45, 2.75) is 24.8 Å². The largest absolute Gasteiger partial charge is 0.418 e. The van der Waals surface area contributed by atoms with Crippen molar-refractivity contribution in [2.24, 2.45) is 0 Å². The molecule has 156 valence electrons. The molecule has 0 unspecified atom stereocenters. The number of nitrogens with zero attached hydrogens (tertiary/aromatic N) is 4. The molecule has 0 saturated carbocycles. The summed E-state index contributed by atoms with van der Waals surface area (Å²) in [5.41, 5.74) is -1.30. The molecule has 1 N–H and O–H groups in total. The quantitative estimate of drug-likeness (QED) is 0.518. The molecule has 1 aromatic carbocycles. The van der Waals surface area contributed by atoms with Crippen LogP contribution in [0, 0.1) is 6.92 Å². The van der Waals surface area contributed by atoms with Crippen LogP contribution < -0.4 is 5.32 Å². The summed E-state index contributed by atoms with van der Waals surface area (Å²) >= 11 is 1.15. The Bertz CT molecular complexity index is 898. The Morgan fingerprint density at radius 1 is 1.31 bits per heavy atom. The van der Waals surface area contributed by atoms with E-state index in [1.165, 1.54) is 19.2 Å². The molecule has 0 atom stereocenters. The van der Waals surface area contributed by atoms with Crippen LogP contribution in [0.3, 0.4) is 0 Å². The van der Waals surface area contributed by atoms with Crippen LogP contribution in [0.15, 0.2) is 42.1 Å². The summed E-state index contributed by atoms with van der Waals surface area (Å²) < 4.78 is 40.8. The third-order valence-electron chi connectivity index (χ3n) is 3.85. The number of carbonyl (C=O) groups excluding carboxylic acids is 2. The van der Waals surface area contributed by atoms with Crippen molar-refractivity contribution in [1.29, 1.82) is 0 Å². The van der Waals surface area contributed by atoms with E-state index in [2.05, 4.69) is 22.1 Å². The molecule has 0 spiro atoms. The molecule has 1 aromatic heterocycles. The van der Waals surface area contributed by atoms with Crippen molar-refractivity contribution < 1.29 is 22.8 Å². The average molecular weight is 427 g/mol. The number of likely N-dealkylation sites (N-methyl/N-ethyl adjacent to an activating group) is 1. The number of anilines is 1. The first-order valence-corrected chi connectivity index (χ1v) is 9.45. The van der Waals surface area contributed by atoms with Crippen molar-refractivity contribution in [3.8, 4) is 0 Å². The fourth-order valence-corrected chi connectivity index (χ4v) is 3.31. The van der Waals surface area contributed by atoms with Gasteiger partial charge in [0.2, 0.25) is 11.8 Å². The molecule has 0 bridgehead atoms. The summed E-state index contributed by atoms with van der Waals surface area (Å²) in [5.74, 6) is -0.428. The zero-order chi connectivity index (χ0) is 21.6. The number of carbonyl (C=O) groups is 2. The van der Waals surface area contributed by atoms with Gasteiger partial charge in [-0.2, -0.15) is 13.2 Å². The van der Waals surface area contributed by atoms with Crippen LogP contribution in [0.5, 0.6) is 0 Å². The number of rotatable bonds is 8. The maximum absolute atomic E-state index is 13.0. The molecule has 2 aromatic rings. The summed E-state index contributed by atoms with van der Waals surface area (Å²) in [6.45, 7) is 5.54. The van der Waals surface area contributed by atoms with Crippen molar-refractivity contribution in [1.82, 2.24) is 19.7 Å². The fraction of sp³-hybridized carbons (Fsp3) is 0.333. The van der Waals surface area contributed by atoms with E-state index in [9.17, 15) is 22.8 Å². The van der Waals surface area contributed by atoms with Gasteiger partial charge in [0.15, 0.2) is 5.16 Å². The number of aromatic nitrogens is 3. The second-order valence-corrected chi connectivity index (χ2v) is 7.00. The number of benzene rings is 1. The van der Waals surface area contributed by atoms with Gasteiger partial charge in [-0.05, 0) is 19.1 Å². The zero-order valence-corrected chi connectivity index (χ0v) is 16.7. The van der Waals surface area contributed by atoms with Crippen LogP contribution in [0.1, 0.15) is 11.4 Å². The van der Waals surface area contributed by atoms with Gasteiger partial charge >= 0.3 is 6.18 Å². The SMILES string of the molecule is C=CCn1c(C)nnc1SCC(=O)N(C)CC(=O)Nc1ccccc1C(F)(F)F. The third kappa shape index (κ3) is 6.08. The minimum atomic E-state index is -4.60. The maximum atomic E-state index is 13.0. The van der Waals surface area contributed by atoms with E-state index < -0.39 is 17.6 Å². The minimum Gasteiger partial charge on any atom is -0.336 e. The smallest absolute Gasteiger partial charge is 0.336 e. The first-order chi connectivity index (χ1) is 13.6. The molecule has 0 fully saturated rings. The molecule has 2 amide bonds. The van der Waals surface area contributed by atoms with E-state index >= 15 is 0 Å². The summed E-state index contributed by atoms with van der Waals surface area (Å²) in [6, 6.07) is 4.66. The minimum absolute atomic E-state index is 0.00179. The summed E-state index contributed by atoms with van der Waals surface area (Å²) in [5, 5.41) is 10.7. The van der Waals surface area contributed by atoms with Gasteiger partial charge in [0.25, 0.3) is 0 Å². The predicted octanol–water partition coefficient (Wildman–Crippen LogP) is 2.98. The van der Waals surface area contributed by atoms with Gasteiger partial charge < -0.3 is 14.8 Å². The fourth-order valence-electron chi connectivity index (χ4n) is 2.38. The van der Waals surface area contributed by atoms with Crippen molar-refractivity contribution in [3.63, 3.8) is 0 Å². The number of halogens is 3. The number of nitrogens with one attached hydrogen (secondary N) is 1. The number of allylic oxidation sites excluding steroid dienone is 1. The van der Waals surface area contributed by atoms with Gasteiger partial charge in [-0.1, -0.05) is 30.0 Å². The van der Waals surface area contributed by atoms with Crippen LogP contribution in [0.4, 0.5) is 18.9 Å². The Hall–Kier alpha value is -2.82. The summed E-state index contributed by atoms with van der Waals surface area (Å²) in [6.07, 6.45) is -2.92. The maximum Gasteiger partial charge on any atom is 0.418 e. The zero-order valence-electron chi connectivity index (χ0n) is 15.9. The van der Waals surface area contributed by atoms with Gasteiger partial charge in [0.1, 0.15) is 5.82 Å².